The first-order valence-corrected chi connectivity index (χ1v) is 41.1. The predicted molar refractivity (Wildman–Crippen MR) is 476 cm³/mol. The SMILES string of the molecule is CC(C)(C)c1ccc(Cl)c(-c2ccco2)c1.CC(C)(C)c1ccc(Cl)c(C2CC2)c1.CC(C)(C)c1ccc(OC(F)(F)F)c(Cl)c1.CC(C)(C)c1cccc(-c2ccco2)c1.CC(C)(C)c1cccc(C2CC2)c1.CCc1cc(C(C)(C)C)ccc1Cl.CCc1cccc(C(C)(C)C)c1.Cc1cc(C(C)(C)C)ccc1Cl. The van der Waals surface area contributed by atoms with Crippen molar-refractivity contribution in [3.05, 3.63) is 298 Å². The highest BCUT2D eigenvalue weighted by Gasteiger charge is 2.33. The molecule has 0 spiro atoms. The average molecular weight is 1610 g/mol. The molecule has 2 aromatic heterocycles. The van der Waals surface area contributed by atoms with Crippen LogP contribution in [0.3, 0.4) is 0 Å². The van der Waals surface area contributed by atoms with E-state index >= 15 is 0 Å². The molecule has 2 aliphatic rings. The van der Waals surface area contributed by atoms with Gasteiger partial charge in [-0.3, -0.25) is 0 Å². The second kappa shape index (κ2) is 40.1. The zero-order chi connectivity index (χ0) is 83.6. The Bertz CT molecular complexity index is 4500. The van der Waals surface area contributed by atoms with Crippen LogP contribution in [0.25, 0.3) is 22.6 Å². The fourth-order valence-electron chi connectivity index (χ4n) is 11.4. The molecule has 602 valence electrons. The van der Waals surface area contributed by atoms with Crippen molar-refractivity contribution in [1.29, 1.82) is 0 Å². The van der Waals surface area contributed by atoms with Crippen LogP contribution in [0.1, 0.15) is 290 Å². The maximum atomic E-state index is 12.0. The summed E-state index contributed by atoms with van der Waals surface area (Å²) in [5.74, 6) is 2.99. The molecule has 0 unspecified atom stereocenters. The molecule has 0 radical (unpaired) electrons. The molecule has 0 aliphatic heterocycles. The largest absolute Gasteiger partial charge is 0.573 e. The maximum Gasteiger partial charge on any atom is 0.573 e. The third kappa shape index (κ3) is 32.3. The molecule has 0 saturated heterocycles. The molecule has 11 heteroatoms. The summed E-state index contributed by atoms with van der Waals surface area (Å²) in [5.41, 5.74) is 20.6. The van der Waals surface area contributed by atoms with E-state index in [0.29, 0.717) is 5.41 Å². The Morgan fingerprint density at radius 1 is 0.342 bits per heavy atom. The molecule has 2 saturated carbocycles. The van der Waals surface area contributed by atoms with Gasteiger partial charge in [0.2, 0.25) is 0 Å². The lowest BCUT2D eigenvalue weighted by molar-refractivity contribution is -0.274. The normalized spacial score (nSPS) is 13.2. The lowest BCUT2D eigenvalue weighted by Crippen LogP contribution is -2.18. The van der Waals surface area contributed by atoms with Gasteiger partial charge < -0.3 is 13.6 Å². The van der Waals surface area contributed by atoms with Gasteiger partial charge in [-0.2, -0.15) is 0 Å². The van der Waals surface area contributed by atoms with Gasteiger partial charge in [0.15, 0.2) is 0 Å². The van der Waals surface area contributed by atoms with Gasteiger partial charge in [0.25, 0.3) is 0 Å². The minimum atomic E-state index is -4.72. The Hall–Kier alpha value is -6.64. The van der Waals surface area contributed by atoms with Crippen LogP contribution in [0, 0.1) is 6.92 Å². The number of rotatable bonds is 7. The standard InChI is InChI=1S/C14H15ClO.C14H16O.C13H17Cl.C13H18.C12H17Cl.C12H18.C11H12ClF3O.C11H15Cl/c1-14(2,3)10-6-7-12(15)11(9-10)13-5-4-8-16-13;1-14(2,3)12-7-4-6-11(10-12)13-8-5-9-15-13;1-13(2,3)10-6-7-12(14)11(8-10)9-4-5-9;1-13(2,3)12-6-4-5-11(9-12)10-7-8-10;1-5-9-8-10(12(2,3)4)6-7-11(9)13;1-5-10-7-6-8-11(9-10)12(2,3)4;1-10(2,3)7-4-5-9(8(12)6-7)16-11(13,14)15;1-8-7-9(11(2,3)4)5-6-10(8)12/h4-9H,1-3H3;4-10H,1-3H3;6-9H,4-5H2,1-3H3;4-6,9-10H,7-8H2,1-3H3;6-8H,5H2,1-4H3;6-9H,5H2,1-4H3;4-6H,1-3H3;5-7H,1-4H3. The molecule has 0 N–H and O–H groups in total. The van der Waals surface area contributed by atoms with Crippen LogP contribution in [0.4, 0.5) is 13.2 Å². The highest BCUT2D eigenvalue weighted by Crippen LogP contribution is 2.45. The summed E-state index contributed by atoms with van der Waals surface area (Å²) in [4.78, 5) is 0. The van der Waals surface area contributed by atoms with Gasteiger partial charge in [0.1, 0.15) is 17.3 Å². The van der Waals surface area contributed by atoms with E-state index < -0.39 is 6.36 Å². The molecule has 2 aliphatic carbocycles. The van der Waals surface area contributed by atoms with E-state index in [4.69, 9.17) is 66.8 Å². The van der Waals surface area contributed by atoms with Crippen LogP contribution in [0.5, 0.6) is 5.75 Å². The highest BCUT2D eigenvalue weighted by molar-refractivity contribution is 6.33. The fraction of sp³-hybridized carbons (Fsp3) is 0.440. The Morgan fingerprint density at radius 2 is 0.739 bits per heavy atom. The van der Waals surface area contributed by atoms with Crippen LogP contribution in [-0.4, -0.2) is 6.36 Å². The van der Waals surface area contributed by atoms with Gasteiger partial charge in [0.05, 0.1) is 22.6 Å². The second-order valence-electron chi connectivity index (χ2n) is 37.5. The quantitative estimate of drug-likeness (QED) is 0.160. The molecular weight excluding hydrogens is 1480 g/mol. The third-order valence-corrected chi connectivity index (χ3v) is 21.1. The Kier molecular flexibility index (Phi) is 34.3. The molecule has 10 aromatic rings. The number of halogens is 8. The van der Waals surface area contributed by atoms with E-state index in [1.165, 1.54) is 93.5 Å². The molecule has 2 fully saturated rings. The summed E-state index contributed by atoms with van der Waals surface area (Å²) in [6.07, 6.45) is 6.20. The van der Waals surface area contributed by atoms with Crippen LogP contribution >= 0.6 is 58.0 Å². The number of alkyl halides is 3. The maximum absolute atomic E-state index is 12.0. The van der Waals surface area contributed by atoms with Gasteiger partial charge in [0, 0.05) is 26.2 Å². The molecule has 0 amide bonds. The Balaban J connectivity index is 0.000000227. The van der Waals surface area contributed by atoms with Crippen molar-refractivity contribution in [2.75, 3.05) is 0 Å². The molecule has 8 aromatic carbocycles. The van der Waals surface area contributed by atoms with Crippen LogP contribution in [0.2, 0.25) is 25.1 Å². The molecular formula is C100H128Cl5F3O3. The lowest BCUT2D eigenvalue weighted by atomic mass is 9.86. The number of aryl methyl sites for hydroxylation is 3. The van der Waals surface area contributed by atoms with Gasteiger partial charge >= 0.3 is 6.36 Å². The van der Waals surface area contributed by atoms with Crippen LogP contribution in [-0.2, 0) is 56.2 Å². The molecule has 2 heterocycles. The van der Waals surface area contributed by atoms with E-state index in [-0.39, 0.29) is 48.7 Å². The number of benzene rings is 8. The second-order valence-corrected chi connectivity index (χ2v) is 39.5. The van der Waals surface area contributed by atoms with Crippen molar-refractivity contribution in [3.8, 4) is 28.4 Å². The monoisotopic (exact) mass is 1610 g/mol. The van der Waals surface area contributed by atoms with Gasteiger partial charge in [-0.1, -0.05) is 353 Å². The lowest BCUT2D eigenvalue weighted by Gasteiger charge is -2.20. The van der Waals surface area contributed by atoms with Crippen molar-refractivity contribution in [3.63, 3.8) is 0 Å². The summed E-state index contributed by atoms with van der Waals surface area (Å²) < 4.78 is 50.5. The smallest absolute Gasteiger partial charge is 0.464 e. The minimum absolute atomic E-state index is 0.0373. The molecule has 111 heavy (non-hydrogen) atoms. The van der Waals surface area contributed by atoms with E-state index in [1.807, 2.05) is 70.2 Å². The van der Waals surface area contributed by atoms with Gasteiger partial charge in [-0.25, -0.2) is 0 Å². The summed E-state index contributed by atoms with van der Waals surface area (Å²) in [5, 5.41) is 3.37. The molecule has 0 atom stereocenters. The zero-order valence-corrected chi connectivity index (χ0v) is 75.5. The topological polar surface area (TPSA) is 35.5 Å². The first-order valence-electron chi connectivity index (χ1n) is 39.2. The van der Waals surface area contributed by atoms with Crippen LogP contribution in [0.15, 0.2) is 209 Å². The zero-order valence-electron chi connectivity index (χ0n) is 71.7. The third-order valence-electron chi connectivity index (χ3n) is 19.4. The fourth-order valence-corrected chi connectivity index (χ4v) is 12.5. The van der Waals surface area contributed by atoms with Crippen molar-refractivity contribution < 1.29 is 26.7 Å². The van der Waals surface area contributed by atoms with Crippen LogP contribution < -0.4 is 4.74 Å². The average Bonchev–Trinajstić information content (AvgIpc) is 1.74. The number of hydrogen-bond donors (Lipinski definition) is 0. The van der Waals surface area contributed by atoms with Crippen molar-refractivity contribution >= 4 is 58.0 Å². The van der Waals surface area contributed by atoms with Crippen molar-refractivity contribution in [2.45, 2.75) is 287 Å². The first-order chi connectivity index (χ1) is 51.1. The minimum Gasteiger partial charge on any atom is -0.464 e. The van der Waals surface area contributed by atoms with Gasteiger partial charge in [-0.15, -0.1) is 13.2 Å². The summed E-state index contributed by atoms with van der Waals surface area (Å²) >= 11 is 30.1. The van der Waals surface area contributed by atoms with Crippen molar-refractivity contribution in [1.82, 2.24) is 0 Å². The Morgan fingerprint density at radius 3 is 1.18 bits per heavy atom. The van der Waals surface area contributed by atoms with E-state index in [0.717, 1.165) is 78.5 Å². The molecule has 3 nitrogen and oxygen atoms in total. The summed E-state index contributed by atoms with van der Waals surface area (Å²) in [6.45, 7) is 59.0. The molecule has 0 bridgehead atoms. The number of furan rings is 2. The van der Waals surface area contributed by atoms with E-state index in [9.17, 15) is 13.2 Å². The Labute approximate surface area is 693 Å². The number of ether oxygens (including phenoxy) is 1. The number of hydrogen-bond acceptors (Lipinski definition) is 3. The predicted octanol–water partition coefficient (Wildman–Crippen LogP) is 33.7. The summed E-state index contributed by atoms with van der Waals surface area (Å²) in [6, 6.07) is 63.6. The highest BCUT2D eigenvalue weighted by atomic mass is 35.5. The van der Waals surface area contributed by atoms with E-state index in [1.54, 1.807) is 24.2 Å². The summed E-state index contributed by atoms with van der Waals surface area (Å²) in [7, 11) is 0. The van der Waals surface area contributed by atoms with E-state index in [2.05, 4.69) is 291 Å². The first kappa shape index (κ1) is 95.0. The van der Waals surface area contributed by atoms with Gasteiger partial charge in [-0.05, 0) is 246 Å². The van der Waals surface area contributed by atoms with Crippen molar-refractivity contribution in [2.24, 2.45) is 0 Å². The molecule has 12 rings (SSSR count).